The van der Waals surface area contributed by atoms with Crippen LogP contribution in [0.15, 0.2) is 42.6 Å². The SMILES string of the molecule is Cc1c(F)cccc1NC(=O)c1cn(C[C@@H](O)c2ccc3c(c2)OCO3)nn1. The van der Waals surface area contributed by atoms with E-state index in [-0.39, 0.29) is 19.0 Å². The highest BCUT2D eigenvalue weighted by Gasteiger charge is 2.18. The van der Waals surface area contributed by atoms with Gasteiger partial charge >= 0.3 is 0 Å². The number of rotatable bonds is 5. The van der Waals surface area contributed by atoms with E-state index in [1.165, 1.54) is 23.0 Å². The second-order valence-electron chi connectivity index (χ2n) is 6.32. The Balaban J connectivity index is 1.44. The number of hydrogen-bond acceptors (Lipinski definition) is 6. The molecule has 1 amide bonds. The maximum absolute atomic E-state index is 13.6. The zero-order valence-electron chi connectivity index (χ0n) is 14.9. The Morgan fingerprint density at radius 3 is 3.00 bits per heavy atom. The second-order valence-corrected chi connectivity index (χ2v) is 6.32. The molecule has 0 radical (unpaired) electrons. The number of nitrogens with zero attached hydrogens (tertiary/aromatic N) is 3. The van der Waals surface area contributed by atoms with Gasteiger partial charge in [0.2, 0.25) is 6.79 Å². The van der Waals surface area contributed by atoms with E-state index in [2.05, 4.69) is 15.6 Å². The molecule has 0 aliphatic carbocycles. The van der Waals surface area contributed by atoms with Crippen LogP contribution in [-0.2, 0) is 6.54 Å². The zero-order valence-corrected chi connectivity index (χ0v) is 14.9. The van der Waals surface area contributed by atoms with Gasteiger partial charge in [-0.2, -0.15) is 0 Å². The number of anilines is 1. The maximum Gasteiger partial charge on any atom is 0.277 e. The van der Waals surface area contributed by atoms with Gasteiger partial charge in [0, 0.05) is 11.3 Å². The minimum atomic E-state index is -0.877. The van der Waals surface area contributed by atoms with E-state index < -0.39 is 17.8 Å². The Kier molecular flexibility index (Phi) is 4.66. The fourth-order valence-corrected chi connectivity index (χ4v) is 2.82. The molecule has 1 aromatic heterocycles. The van der Waals surface area contributed by atoms with E-state index in [9.17, 15) is 14.3 Å². The van der Waals surface area contributed by atoms with Crippen molar-refractivity contribution in [1.82, 2.24) is 15.0 Å². The summed E-state index contributed by atoms with van der Waals surface area (Å²) in [6.07, 6.45) is 0.540. The highest BCUT2D eigenvalue weighted by Crippen LogP contribution is 2.34. The average Bonchev–Trinajstić information content (AvgIpc) is 3.34. The van der Waals surface area contributed by atoms with Crippen molar-refractivity contribution in [2.45, 2.75) is 19.6 Å². The van der Waals surface area contributed by atoms with Crippen molar-refractivity contribution in [2.24, 2.45) is 0 Å². The predicted octanol–water partition coefficient (Wildman–Crippen LogP) is 2.44. The summed E-state index contributed by atoms with van der Waals surface area (Å²) in [6.45, 7) is 1.82. The number of carbonyl (C=O) groups is 1. The molecule has 0 saturated carbocycles. The van der Waals surface area contributed by atoms with Crippen LogP contribution in [0.4, 0.5) is 10.1 Å². The number of hydrogen-bond donors (Lipinski definition) is 2. The van der Waals surface area contributed by atoms with E-state index in [1.54, 1.807) is 31.2 Å². The first-order valence-corrected chi connectivity index (χ1v) is 8.55. The van der Waals surface area contributed by atoms with E-state index in [1.807, 2.05) is 0 Å². The molecular formula is C19H17FN4O4. The van der Waals surface area contributed by atoms with Gasteiger partial charge in [-0.15, -0.1) is 5.10 Å². The van der Waals surface area contributed by atoms with Crippen LogP contribution in [0.25, 0.3) is 0 Å². The van der Waals surface area contributed by atoms with Gasteiger partial charge in [-0.1, -0.05) is 17.3 Å². The van der Waals surface area contributed by atoms with Crippen LogP contribution < -0.4 is 14.8 Å². The minimum absolute atomic E-state index is 0.0570. The van der Waals surface area contributed by atoms with Crippen LogP contribution in [0, 0.1) is 12.7 Å². The van der Waals surface area contributed by atoms with Crippen LogP contribution in [0.3, 0.4) is 0 Å². The number of ether oxygens (including phenoxy) is 2. The lowest BCUT2D eigenvalue weighted by molar-refractivity contribution is 0.102. The third kappa shape index (κ3) is 3.52. The van der Waals surface area contributed by atoms with Crippen LogP contribution in [0.1, 0.15) is 27.7 Å². The zero-order chi connectivity index (χ0) is 19.7. The number of nitrogens with one attached hydrogen (secondary N) is 1. The van der Waals surface area contributed by atoms with Crippen molar-refractivity contribution in [2.75, 3.05) is 12.1 Å². The molecule has 0 fully saturated rings. The number of amides is 1. The normalized spacial score (nSPS) is 13.4. The van der Waals surface area contributed by atoms with Crippen LogP contribution >= 0.6 is 0 Å². The lowest BCUT2D eigenvalue weighted by atomic mass is 10.1. The Morgan fingerprint density at radius 2 is 2.14 bits per heavy atom. The van der Waals surface area contributed by atoms with Crippen molar-refractivity contribution in [3.8, 4) is 11.5 Å². The van der Waals surface area contributed by atoms with Crippen molar-refractivity contribution < 1.29 is 23.8 Å². The number of benzene rings is 2. The second kappa shape index (κ2) is 7.28. The number of fused-ring (bicyclic) bond motifs is 1. The lowest BCUT2D eigenvalue weighted by Crippen LogP contribution is -2.14. The van der Waals surface area contributed by atoms with Crippen molar-refractivity contribution >= 4 is 11.6 Å². The third-order valence-electron chi connectivity index (χ3n) is 4.43. The number of aliphatic hydroxyl groups excluding tert-OH is 1. The first-order valence-electron chi connectivity index (χ1n) is 8.55. The summed E-state index contributed by atoms with van der Waals surface area (Å²) >= 11 is 0. The minimum Gasteiger partial charge on any atom is -0.454 e. The largest absolute Gasteiger partial charge is 0.454 e. The number of halogens is 1. The lowest BCUT2D eigenvalue weighted by Gasteiger charge is -2.11. The molecule has 0 saturated heterocycles. The van der Waals surface area contributed by atoms with Gasteiger partial charge in [0.1, 0.15) is 5.82 Å². The quantitative estimate of drug-likeness (QED) is 0.701. The molecule has 1 aliphatic heterocycles. The summed E-state index contributed by atoms with van der Waals surface area (Å²) in [5.41, 5.74) is 1.38. The Morgan fingerprint density at radius 1 is 1.32 bits per heavy atom. The molecule has 8 nitrogen and oxygen atoms in total. The molecule has 0 bridgehead atoms. The third-order valence-corrected chi connectivity index (χ3v) is 4.43. The van der Waals surface area contributed by atoms with Crippen molar-refractivity contribution in [1.29, 1.82) is 0 Å². The topological polar surface area (TPSA) is 98.5 Å². The van der Waals surface area contributed by atoms with Gasteiger partial charge in [-0.25, -0.2) is 9.07 Å². The highest BCUT2D eigenvalue weighted by molar-refractivity contribution is 6.03. The monoisotopic (exact) mass is 384 g/mol. The van der Waals surface area contributed by atoms with Gasteiger partial charge in [-0.05, 0) is 36.8 Å². The highest BCUT2D eigenvalue weighted by atomic mass is 19.1. The first-order chi connectivity index (χ1) is 13.5. The molecule has 28 heavy (non-hydrogen) atoms. The number of carbonyl (C=O) groups excluding carboxylic acids is 1. The van der Waals surface area contributed by atoms with Crippen molar-refractivity contribution in [3.63, 3.8) is 0 Å². The molecule has 0 spiro atoms. The Bertz CT molecular complexity index is 1040. The molecule has 1 aliphatic rings. The summed E-state index contributed by atoms with van der Waals surface area (Å²) in [6, 6.07) is 9.58. The number of aromatic nitrogens is 3. The van der Waals surface area contributed by atoms with Gasteiger partial charge in [0.25, 0.3) is 5.91 Å². The molecule has 3 aromatic rings. The summed E-state index contributed by atoms with van der Waals surface area (Å²) in [4.78, 5) is 12.3. The van der Waals surface area contributed by atoms with E-state index in [0.717, 1.165) is 0 Å². The van der Waals surface area contributed by atoms with Crippen LogP contribution in [0.5, 0.6) is 11.5 Å². The predicted molar refractivity (Wildman–Crippen MR) is 96.6 cm³/mol. The fraction of sp³-hybridized carbons (Fsp3) is 0.211. The first kappa shape index (κ1) is 17.9. The van der Waals surface area contributed by atoms with Gasteiger partial charge in [0.15, 0.2) is 17.2 Å². The maximum atomic E-state index is 13.6. The van der Waals surface area contributed by atoms with Crippen LogP contribution in [0.2, 0.25) is 0 Å². The summed E-state index contributed by atoms with van der Waals surface area (Å²) < 4.78 is 25.5. The number of aliphatic hydroxyl groups is 1. The smallest absolute Gasteiger partial charge is 0.277 e. The van der Waals surface area contributed by atoms with Gasteiger partial charge in [0.05, 0.1) is 18.8 Å². The molecule has 4 rings (SSSR count). The average molecular weight is 384 g/mol. The standard InChI is InChI=1S/C19H17FN4O4/c1-11-13(20)3-2-4-14(11)21-19(26)15-8-24(23-22-15)9-16(25)12-5-6-17-18(7-12)28-10-27-17/h2-8,16,25H,9-10H2,1H3,(H,21,26)/t16-/m1/s1. The molecule has 2 N–H and O–H groups in total. The van der Waals surface area contributed by atoms with E-state index in [4.69, 9.17) is 9.47 Å². The fourth-order valence-electron chi connectivity index (χ4n) is 2.82. The molecule has 1 atom stereocenters. The van der Waals surface area contributed by atoms with E-state index in [0.29, 0.717) is 28.3 Å². The molecule has 2 aromatic carbocycles. The van der Waals surface area contributed by atoms with Crippen molar-refractivity contribution in [3.05, 3.63) is 65.2 Å². The molecule has 9 heteroatoms. The van der Waals surface area contributed by atoms with Gasteiger partial charge < -0.3 is 19.9 Å². The summed E-state index contributed by atoms with van der Waals surface area (Å²) in [7, 11) is 0. The van der Waals surface area contributed by atoms with Gasteiger partial charge in [-0.3, -0.25) is 4.79 Å². The molecule has 2 heterocycles. The Hall–Kier alpha value is -3.46. The van der Waals surface area contributed by atoms with Crippen LogP contribution in [-0.4, -0.2) is 32.8 Å². The molecular weight excluding hydrogens is 367 g/mol. The van der Waals surface area contributed by atoms with E-state index >= 15 is 0 Å². The molecule has 0 unspecified atom stereocenters. The summed E-state index contributed by atoms with van der Waals surface area (Å²) in [5, 5.41) is 20.7. The summed E-state index contributed by atoms with van der Waals surface area (Å²) in [5.74, 6) is 0.273. The molecule has 144 valence electrons. The Labute approximate surface area is 159 Å².